The molecule has 1 atom stereocenters. The molecule has 0 bridgehead atoms. The minimum atomic E-state index is 0.889. The average molecular weight is 239 g/mol. The molecule has 0 fully saturated rings. The molecule has 1 unspecified atom stereocenters. The van der Waals surface area contributed by atoms with Crippen molar-refractivity contribution in [3.8, 4) is 0 Å². The standard InChI is InChI=1S/C17H21N/c1-2-3-6-13-9-10-17-15(11-13)12-14-7-4-5-8-16(14)18-17/h4-5,7-8,12-13H,2-3,6,9-11H2,1H3. The smallest absolute Gasteiger partial charge is 0.0705 e. The monoisotopic (exact) mass is 239 g/mol. The predicted molar refractivity (Wildman–Crippen MR) is 76.8 cm³/mol. The molecule has 1 aliphatic rings. The van der Waals surface area contributed by atoms with Crippen LogP contribution in [0.5, 0.6) is 0 Å². The van der Waals surface area contributed by atoms with E-state index in [2.05, 4.69) is 37.3 Å². The number of rotatable bonds is 3. The minimum Gasteiger partial charge on any atom is -0.253 e. The van der Waals surface area contributed by atoms with E-state index in [1.165, 1.54) is 55.2 Å². The van der Waals surface area contributed by atoms with Gasteiger partial charge in [0.25, 0.3) is 0 Å². The van der Waals surface area contributed by atoms with Gasteiger partial charge in [-0.15, -0.1) is 0 Å². The van der Waals surface area contributed by atoms with E-state index in [4.69, 9.17) is 4.98 Å². The Bertz CT molecular complexity index is 544. The SMILES string of the molecule is CCCCC1CCc2nc3ccccc3cc2C1. The van der Waals surface area contributed by atoms with E-state index in [1.807, 2.05) is 0 Å². The molecule has 1 aromatic heterocycles. The van der Waals surface area contributed by atoms with Gasteiger partial charge >= 0.3 is 0 Å². The van der Waals surface area contributed by atoms with Gasteiger partial charge in [-0.05, 0) is 42.9 Å². The third kappa shape index (κ3) is 2.27. The lowest BCUT2D eigenvalue weighted by Crippen LogP contribution is -2.15. The minimum absolute atomic E-state index is 0.889. The molecular formula is C17H21N. The highest BCUT2D eigenvalue weighted by Crippen LogP contribution is 2.29. The first-order valence-electron chi connectivity index (χ1n) is 7.24. The Kier molecular flexibility index (Phi) is 3.31. The van der Waals surface area contributed by atoms with Crippen LogP contribution in [0.2, 0.25) is 0 Å². The zero-order valence-electron chi connectivity index (χ0n) is 11.2. The highest BCUT2D eigenvalue weighted by molar-refractivity contribution is 5.79. The highest BCUT2D eigenvalue weighted by atomic mass is 14.7. The van der Waals surface area contributed by atoms with Gasteiger partial charge in [-0.2, -0.15) is 0 Å². The Hall–Kier alpha value is -1.37. The van der Waals surface area contributed by atoms with Gasteiger partial charge in [-0.1, -0.05) is 44.4 Å². The summed E-state index contributed by atoms with van der Waals surface area (Å²) >= 11 is 0. The maximum Gasteiger partial charge on any atom is 0.0705 e. The fourth-order valence-electron chi connectivity index (χ4n) is 3.09. The van der Waals surface area contributed by atoms with Crippen LogP contribution in [0.25, 0.3) is 10.9 Å². The molecule has 18 heavy (non-hydrogen) atoms. The van der Waals surface area contributed by atoms with Gasteiger partial charge in [0.05, 0.1) is 5.52 Å². The number of hydrogen-bond donors (Lipinski definition) is 0. The van der Waals surface area contributed by atoms with Crippen molar-refractivity contribution in [1.29, 1.82) is 0 Å². The van der Waals surface area contributed by atoms with E-state index in [-0.39, 0.29) is 0 Å². The molecule has 0 aliphatic heterocycles. The number of unbranched alkanes of at least 4 members (excludes halogenated alkanes) is 1. The Morgan fingerprint density at radius 2 is 2.17 bits per heavy atom. The van der Waals surface area contributed by atoms with Gasteiger partial charge in [0.15, 0.2) is 0 Å². The Balaban J connectivity index is 1.88. The normalized spacial score (nSPS) is 18.8. The summed E-state index contributed by atoms with van der Waals surface area (Å²) in [5.74, 6) is 0.889. The number of hydrogen-bond acceptors (Lipinski definition) is 1. The zero-order chi connectivity index (χ0) is 12.4. The van der Waals surface area contributed by atoms with Gasteiger partial charge in [0, 0.05) is 11.1 Å². The third-order valence-corrected chi connectivity index (χ3v) is 4.16. The van der Waals surface area contributed by atoms with E-state index in [9.17, 15) is 0 Å². The fourth-order valence-corrected chi connectivity index (χ4v) is 3.09. The molecule has 0 N–H and O–H groups in total. The summed E-state index contributed by atoms with van der Waals surface area (Å²) in [6.07, 6.45) is 7.84. The summed E-state index contributed by atoms with van der Waals surface area (Å²) in [5, 5.41) is 1.30. The lowest BCUT2D eigenvalue weighted by Gasteiger charge is -2.24. The molecule has 1 aliphatic carbocycles. The van der Waals surface area contributed by atoms with Crippen LogP contribution in [0.15, 0.2) is 30.3 Å². The summed E-state index contributed by atoms with van der Waals surface area (Å²) in [6.45, 7) is 2.28. The second-order valence-electron chi connectivity index (χ2n) is 5.54. The first kappa shape index (κ1) is 11.7. The van der Waals surface area contributed by atoms with E-state index in [0.717, 1.165) is 11.4 Å². The van der Waals surface area contributed by atoms with Crippen LogP contribution in [0.4, 0.5) is 0 Å². The second-order valence-corrected chi connectivity index (χ2v) is 5.54. The van der Waals surface area contributed by atoms with E-state index < -0.39 is 0 Å². The topological polar surface area (TPSA) is 12.9 Å². The van der Waals surface area contributed by atoms with Crippen LogP contribution in [-0.4, -0.2) is 4.98 Å². The Morgan fingerprint density at radius 1 is 1.28 bits per heavy atom. The van der Waals surface area contributed by atoms with Crippen molar-refractivity contribution in [1.82, 2.24) is 4.98 Å². The molecule has 2 aromatic rings. The largest absolute Gasteiger partial charge is 0.253 e. The van der Waals surface area contributed by atoms with Gasteiger partial charge < -0.3 is 0 Å². The van der Waals surface area contributed by atoms with Gasteiger partial charge in [-0.3, -0.25) is 4.98 Å². The van der Waals surface area contributed by atoms with E-state index >= 15 is 0 Å². The maximum atomic E-state index is 4.83. The van der Waals surface area contributed by atoms with Crippen LogP contribution in [0.3, 0.4) is 0 Å². The molecule has 94 valence electrons. The lowest BCUT2D eigenvalue weighted by molar-refractivity contribution is 0.409. The van der Waals surface area contributed by atoms with Gasteiger partial charge in [-0.25, -0.2) is 0 Å². The summed E-state index contributed by atoms with van der Waals surface area (Å²) in [4.78, 5) is 4.83. The first-order valence-corrected chi connectivity index (χ1v) is 7.24. The molecule has 1 aromatic carbocycles. The van der Waals surface area contributed by atoms with Crippen molar-refractivity contribution >= 4 is 10.9 Å². The molecule has 0 radical (unpaired) electrons. The van der Waals surface area contributed by atoms with Crippen molar-refractivity contribution in [2.45, 2.75) is 45.4 Å². The second kappa shape index (κ2) is 5.09. The number of aryl methyl sites for hydroxylation is 1. The number of fused-ring (bicyclic) bond motifs is 2. The quantitative estimate of drug-likeness (QED) is 0.767. The Morgan fingerprint density at radius 3 is 3.06 bits per heavy atom. The molecular weight excluding hydrogens is 218 g/mol. The number of nitrogens with zero attached hydrogens (tertiary/aromatic N) is 1. The highest BCUT2D eigenvalue weighted by Gasteiger charge is 2.19. The number of aromatic nitrogens is 1. The fraction of sp³-hybridized carbons (Fsp3) is 0.471. The summed E-state index contributed by atoms with van der Waals surface area (Å²) in [7, 11) is 0. The van der Waals surface area contributed by atoms with Crippen molar-refractivity contribution in [3.63, 3.8) is 0 Å². The first-order chi connectivity index (χ1) is 8.86. The van der Waals surface area contributed by atoms with Crippen LogP contribution in [-0.2, 0) is 12.8 Å². The van der Waals surface area contributed by atoms with Crippen LogP contribution < -0.4 is 0 Å². The molecule has 1 heterocycles. The molecule has 3 rings (SSSR count). The molecule has 0 spiro atoms. The number of pyridine rings is 1. The predicted octanol–water partition coefficient (Wildman–Crippen LogP) is 4.53. The van der Waals surface area contributed by atoms with Crippen LogP contribution in [0.1, 0.15) is 43.9 Å². The van der Waals surface area contributed by atoms with Crippen molar-refractivity contribution in [2.24, 2.45) is 5.92 Å². The van der Waals surface area contributed by atoms with Gasteiger partial charge in [0.1, 0.15) is 0 Å². The molecule has 0 saturated heterocycles. The van der Waals surface area contributed by atoms with E-state index in [0.29, 0.717) is 0 Å². The summed E-state index contributed by atoms with van der Waals surface area (Å²) < 4.78 is 0. The lowest BCUT2D eigenvalue weighted by atomic mass is 9.83. The number of benzene rings is 1. The number of para-hydroxylation sites is 1. The van der Waals surface area contributed by atoms with Crippen molar-refractivity contribution < 1.29 is 0 Å². The molecule has 0 amide bonds. The summed E-state index contributed by atoms with van der Waals surface area (Å²) in [6, 6.07) is 10.9. The molecule has 1 heteroatoms. The Labute approximate surface area is 109 Å². The maximum absolute atomic E-state index is 4.83. The average Bonchev–Trinajstić information content (AvgIpc) is 2.42. The van der Waals surface area contributed by atoms with Crippen molar-refractivity contribution in [3.05, 3.63) is 41.6 Å². The van der Waals surface area contributed by atoms with Crippen molar-refractivity contribution in [2.75, 3.05) is 0 Å². The van der Waals surface area contributed by atoms with Crippen LogP contribution >= 0.6 is 0 Å². The summed E-state index contributed by atoms with van der Waals surface area (Å²) in [5.41, 5.74) is 4.01. The van der Waals surface area contributed by atoms with Crippen LogP contribution in [0, 0.1) is 5.92 Å². The molecule has 0 saturated carbocycles. The van der Waals surface area contributed by atoms with Gasteiger partial charge in [0.2, 0.25) is 0 Å². The third-order valence-electron chi connectivity index (χ3n) is 4.16. The molecule has 1 nitrogen and oxygen atoms in total. The van der Waals surface area contributed by atoms with E-state index in [1.54, 1.807) is 0 Å². The zero-order valence-corrected chi connectivity index (χ0v) is 11.2.